The highest BCUT2D eigenvalue weighted by Crippen LogP contribution is 2.27. The summed E-state index contributed by atoms with van der Waals surface area (Å²) in [4.78, 5) is 27.7. The van der Waals surface area contributed by atoms with Crippen LogP contribution < -0.4 is 0 Å². The van der Waals surface area contributed by atoms with Crippen molar-refractivity contribution in [1.82, 2.24) is 9.80 Å². The largest absolute Gasteiger partial charge is 0.444 e. The third-order valence-corrected chi connectivity index (χ3v) is 3.76. The van der Waals surface area contributed by atoms with Crippen molar-refractivity contribution >= 4 is 12.0 Å². The molecule has 0 aromatic carbocycles. The molecule has 1 saturated carbocycles. The van der Waals surface area contributed by atoms with Gasteiger partial charge in [-0.1, -0.05) is 0 Å². The van der Waals surface area contributed by atoms with Gasteiger partial charge in [0.15, 0.2) is 0 Å². The summed E-state index contributed by atoms with van der Waals surface area (Å²) in [5, 5.41) is 0. The van der Waals surface area contributed by atoms with E-state index in [-0.39, 0.29) is 24.6 Å². The van der Waals surface area contributed by atoms with Crippen molar-refractivity contribution < 1.29 is 14.3 Å². The minimum absolute atomic E-state index is 0.0214. The summed E-state index contributed by atoms with van der Waals surface area (Å²) in [7, 11) is 0. The van der Waals surface area contributed by atoms with E-state index in [4.69, 9.17) is 4.74 Å². The van der Waals surface area contributed by atoms with Crippen LogP contribution in [0.4, 0.5) is 4.79 Å². The van der Waals surface area contributed by atoms with E-state index in [1.54, 1.807) is 4.90 Å². The standard InChI is InChI=1S/C14H24N2O3/c1-10-8-16(11-6-5-7-11)12(17)9-15(10)13(18)19-14(2,3)4/h10-11H,5-9H2,1-4H3/t10-/m1/s1. The second-order valence-corrected chi connectivity index (χ2v) is 6.59. The number of carbonyl (C=O) groups excluding carboxylic acids is 2. The van der Waals surface area contributed by atoms with E-state index in [0.29, 0.717) is 12.6 Å². The minimum Gasteiger partial charge on any atom is -0.444 e. The molecule has 2 amide bonds. The van der Waals surface area contributed by atoms with Crippen molar-refractivity contribution in [2.24, 2.45) is 0 Å². The van der Waals surface area contributed by atoms with Crippen LogP contribution in [-0.4, -0.2) is 52.6 Å². The fourth-order valence-electron chi connectivity index (χ4n) is 2.49. The topological polar surface area (TPSA) is 49.9 Å². The molecule has 1 atom stereocenters. The number of hydrogen-bond donors (Lipinski definition) is 0. The summed E-state index contributed by atoms with van der Waals surface area (Å²) < 4.78 is 5.35. The summed E-state index contributed by atoms with van der Waals surface area (Å²) in [6.45, 7) is 8.25. The molecular formula is C14H24N2O3. The first-order valence-electron chi connectivity index (χ1n) is 7.07. The van der Waals surface area contributed by atoms with E-state index < -0.39 is 5.60 Å². The van der Waals surface area contributed by atoms with Crippen molar-refractivity contribution in [2.75, 3.05) is 13.1 Å². The Bertz CT molecular complexity index is 371. The Hall–Kier alpha value is -1.26. The predicted molar refractivity (Wildman–Crippen MR) is 71.8 cm³/mol. The molecular weight excluding hydrogens is 244 g/mol. The molecule has 5 nitrogen and oxygen atoms in total. The van der Waals surface area contributed by atoms with Crippen LogP contribution in [0.5, 0.6) is 0 Å². The van der Waals surface area contributed by atoms with Crippen LogP contribution in [0.1, 0.15) is 47.0 Å². The van der Waals surface area contributed by atoms with Crippen molar-refractivity contribution in [3.05, 3.63) is 0 Å². The molecule has 0 unspecified atom stereocenters. The summed E-state index contributed by atoms with van der Waals surface area (Å²) in [5.41, 5.74) is -0.523. The van der Waals surface area contributed by atoms with Crippen molar-refractivity contribution in [3.63, 3.8) is 0 Å². The lowest BCUT2D eigenvalue weighted by atomic mass is 9.90. The van der Waals surface area contributed by atoms with E-state index >= 15 is 0 Å². The summed E-state index contributed by atoms with van der Waals surface area (Å²) in [5.74, 6) is 0.0497. The molecule has 5 heteroatoms. The minimum atomic E-state index is -0.523. The smallest absolute Gasteiger partial charge is 0.411 e. The normalized spacial score (nSPS) is 25.3. The molecule has 0 bridgehead atoms. The lowest BCUT2D eigenvalue weighted by molar-refractivity contribution is -0.142. The average molecular weight is 268 g/mol. The van der Waals surface area contributed by atoms with E-state index in [1.807, 2.05) is 32.6 Å². The van der Waals surface area contributed by atoms with Gasteiger partial charge in [-0.2, -0.15) is 0 Å². The first kappa shape index (κ1) is 14.2. The Morgan fingerprint density at radius 3 is 2.42 bits per heavy atom. The van der Waals surface area contributed by atoms with Crippen LogP contribution in [0, 0.1) is 0 Å². The number of ether oxygens (including phenoxy) is 1. The molecule has 1 aliphatic carbocycles. The molecule has 19 heavy (non-hydrogen) atoms. The first-order valence-corrected chi connectivity index (χ1v) is 7.07. The van der Waals surface area contributed by atoms with Gasteiger partial charge in [0, 0.05) is 12.6 Å². The van der Waals surface area contributed by atoms with Crippen molar-refractivity contribution in [3.8, 4) is 0 Å². The zero-order valence-electron chi connectivity index (χ0n) is 12.3. The summed E-state index contributed by atoms with van der Waals surface area (Å²) in [6, 6.07) is 0.420. The maximum absolute atomic E-state index is 12.1. The van der Waals surface area contributed by atoms with Gasteiger partial charge in [-0.15, -0.1) is 0 Å². The van der Waals surface area contributed by atoms with Gasteiger partial charge in [-0.05, 0) is 47.0 Å². The Labute approximate surface area is 114 Å². The van der Waals surface area contributed by atoms with Gasteiger partial charge >= 0.3 is 6.09 Å². The van der Waals surface area contributed by atoms with Crippen molar-refractivity contribution in [2.45, 2.75) is 64.6 Å². The molecule has 0 aromatic rings. The fourth-order valence-corrected chi connectivity index (χ4v) is 2.49. The lowest BCUT2D eigenvalue weighted by Gasteiger charge is -2.45. The molecule has 0 radical (unpaired) electrons. The van der Waals surface area contributed by atoms with Crippen LogP contribution in [0.3, 0.4) is 0 Å². The molecule has 2 fully saturated rings. The second kappa shape index (κ2) is 5.02. The highest BCUT2D eigenvalue weighted by molar-refractivity contribution is 5.84. The monoisotopic (exact) mass is 268 g/mol. The molecule has 0 spiro atoms. The van der Waals surface area contributed by atoms with Crippen LogP contribution >= 0.6 is 0 Å². The molecule has 1 aliphatic heterocycles. The fraction of sp³-hybridized carbons (Fsp3) is 0.857. The second-order valence-electron chi connectivity index (χ2n) is 6.59. The van der Waals surface area contributed by atoms with Gasteiger partial charge in [0.25, 0.3) is 0 Å². The van der Waals surface area contributed by atoms with E-state index in [1.165, 1.54) is 6.42 Å². The van der Waals surface area contributed by atoms with Gasteiger partial charge in [0.05, 0.1) is 6.04 Å². The number of carbonyl (C=O) groups is 2. The van der Waals surface area contributed by atoms with E-state index in [2.05, 4.69) is 0 Å². The Morgan fingerprint density at radius 1 is 1.32 bits per heavy atom. The number of nitrogens with zero attached hydrogens (tertiary/aromatic N) is 2. The van der Waals surface area contributed by atoms with E-state index in [9.17, 15) is 9.59 Å². The summed E-state index contributed by atoms with van der Waals surface area (Å²) in [6.07, 6.45) is 3.02. The highest BCUT2D eigenvalue weighted by atomic mass is 16.6. The number of rotatable bonds is 1. The van der Waals surface area contributed by atoms with Gasteiger partial charge in [-0.3, -0.25) is 9.69 Å². The Balaban J connectivity index is 1.97. The van der Waals surface area contributed by atoms with E-state index in [0.717, 1.165) is 12.8 Å². The molecule has 0 N–H and O–H groups in total. The van der Waals surface area contributed by atoms with Gasteiger partial charge < -0.3 is 9.64 Å². The van der Waals surface area contributed by atoms with Gasteiger partial charge in [0.2, 0.25) is 5.91 Å². The maximum atomic E-state index is 12.1. The summed E-state index contributed by atoms with van der Waals surface area (Å²) >= 11 is 0. The third-order valence-electron chi connectivity index (χ3n) is 3.76. The zero-order chi connectivity index (χ0) is 14.2. The van der Waals surface area contributed by atoms with Crippen LogP contribution in [-0.2, 0) is 9.53 Å². The van der Waals surface area contributed by atoms with Gasteiger partial charge in [-0.25, -0.2) is 4.79 Å². The number of amides is 2. The average Bonchev–Trinajstić information content (AvgIpc) is 2.17. The zero-order valence-corrected chi connectivity index (χ0v) is 12.3. The SMILES string of the molecule is C[C@@H]1CN(C2CCC2)C(=O)CN1C(=O)OC(C)(C)C. The Morgan fingerprint density at radius 2 is 1.95 bits per heavy atom. The lowest BCUT2D eigenvalue weighted by Crippen LogP contribution is -2.61. The molecule has 1 heterocycles. The van der Waals surface area contributed by atoms with Crippen LogP contribution in [0.25, 0.3) is 0 Å². The number of hydrogen-bond acceptors (Lipinski definition) is 3. The maximum Gasteiger partial charge on any atom is 0.411 e. The quantitative estimate of drug-likeness (QED) is 0.731. The number of piperazine rings is 1. The molecule has 1 saturated heterocycles. The molecule has 0 aromatic heterocycles. The van der Waals surface area contributed by atoms with Crippen molar-refractivity contribution in [1.29, 1.82) is 0 Å². The molecule has 2 rings (SSSR count). The molecule has 2 aliphatic rings. The third kappa shape index (κ3) is 3.19. The predicted octanol–water partition coefficient (Wildman–Crippen LogP) is 2.01. The van der Waals surface area contributed by atoms with Crippen LogP contribution in [0.2, 0.25) is 0 Å². The first-order chi connectivity index (χ1) is 8.78. The van der Waals surface area contributed by atoms with Crippen LogP contribution in [0.15, 0.2) is 0 Å². The highest BCUT2D eigenvalue weighted by Gasteiger charge is 2.39. The Kier molecular flexibility index (Phi) is 3.74. The van der Waals surface area contributed by atoms with Gasteiger partial charge in [0.1, 0.15) is 12.1 Å². The molecule has 108 valence electrons.